The topological polar surface area (TPSA) is 129 Å². The lowest BCUT2D eigenvalue weighted by atomic mass is 10.1. The minimum Gasteiger partial charge on any atom is -0.508 e. The number of nitrogens with zero attached hydrogens (tertiary/aromatic N) is 1. The third kappa shape index (κ3) is 6.02. The summed E-state index contributed by atoms with van der Waals surface area (Å²) < 4.78 is 0.327. The lowest BCUT2D eigenvalue weighted by Gasteiger charge is -2.10. The van der Waals surface area contributed by atoms with E-state index in [0.717, 1.165) is 5.56 Å². The molecule has 3 rings (SSSR count). The van der Waals surface area contributed by atoms with Crippen molar-refractivity contribution >= 4 is 39.8 Å². The second-order valence-corrected chi connectivity index (χ2v) is 7.50. The van der Waals surface area contributed by atoms with Gasteiger partial charge in [-0.05, 0) is 75.6 Å². The number of phenols is 1. The van der Waals surface area contributed by atoms with E-state index in [2.05, 4.69) is 31.5 Å². The molecule has 2 amide bonds. The van der Waals surface area contributed by atoms with Crippen molar-refractivity contribution in [3.63, 3.8) is 0 Å². The van der Waals surface area contributed by atoms with E-state index in [1.807, 2.05) is 0 Å². The molecular formula is C23H18BrN3O5. The van der Waals surface area contributed by atoms with E-state index in [1.165, 1.54) is 42.7 Å². The number of pyridine rings is 1. The van der Waals surface area contributed by atoms with Crippen LogP contribution in [0.2, 0.25) is 0 Å². The highest BCUT2D eigenvalue weighted by Gasteiger charge is 2.17. The zero-order chi connectivity index (χ0) is 23.1. The van der Waals surface area contributed by atoms with Crippen LogP contribution in [-0.2, 0) is 11.3 Å². The van der Waals surface area contributed by atoms with Gasteiger partial charge in [0.2, 0.25) is 0 Å². The van der Waals surface area contributed by atoms with Gasteiger partial charge in [-0.2, -0.15) is 0 Å². The van der Waals surface area contributed by atoms with Crippen molar-refractivity contribution < 1.29 is 24.6 Å². The van der Waals surface area contributed by atoms with Crippen LogP contribution in [0.5, 0.6) is 5.75 Å². The maximum atomic E-state index is 12.6. The molecule has 0 aliphatic rings. The first-order chi connectivity index (χ1) is 15.3. The molecule has 2 aromatic carbocycles. The normalized spacial score (nSPS) is 11.0. The molecule has 0 radical (unpaired) electrons. The number of carboxylic acid groups (broad SMARTS) is 1. The van der Waals surface area contributed by atoms with E-state index in [4.69, 9.17) is 0 Å². The summed E-state index contributed by atoms with van der Waals surface area (Å²) in [4.78, 5) is 40.4. The third-order valence-corrected chi connectivity index (χ3v) is 4.99. The van der Waals surface area contributed by atoms with Gasteiger partial charge >= 0.3 is 5.97 Å². The van der Waals surface area contributed by atoms with E-state index in [-0.39, 0.29) is 29.5 Å². The number of aliphatic carboxylic acids is 1. The number of halogens is 1. The van der Waals surface area contributed by atoms with Crippen LogP contribution in [0.3, 0.4) is 0 Å². The first kappa shape index (κ1) is 22.7. The summed E-state index contributed by atoms with van der Waals surface area (Å²) in [5, 5.41) is 24.0. The molecule has 0 saturated carbocycles. The molecular weight excluding hydrogens is 478 g/mol. The molecule has 0 atom stereocenters. The number of carbonyl (C=O) groups is 3. The SMILES string of the molecule is O=C(O)/C(=C\c1ccncc1)NC(=O)c1ccc(C(=O)NCc2cccc(O)c2)cc1Br. The number of carbonyl (C=O) groups excluding carboxylic acids is 2. The fourth-order valence-corrected chi connectivity index (χ4v) is 3.32. The Morgan fingerprint density at radius 1 is 1.00 bits per heavy atom. The van der Waals surface area contributed by atoms with Crippen molar-refractivity contribution in [2.45, 2.75) is 6.54 Å². The van der Waals surface area contributed by atoms with Crippen LogP contribution >= 0.6 is 15.9 Å². The van der Waals surface area contributed by atoms with Gasteiger partial charge in [-0.1, -0.05) is 12.1 Å². The second kappa shape index (κ2) is 10.4. The fourth-order valence-electron chi connectivity index (χ4n) is 2.76. The summed E-state index contributed by atoms with van der Waals surface area (Å²) in [7, 11) is 0. The van der Waals surface area contributed by atoms with Gasteiger partial charge < -0.3 is 20.8 Å². The molecule has 0 saturated heterocycles. The summed E-state index contributed by atoms with van der Waals surface area (Å²) in [6.45, 7) is 0.217. The van der Waals surface area contributed by atoms with Gasteiger partial charge in [-0.15, -0.1) is 0 Å². The van der Waals surface area contributed by atoms with E-state index >= 15 is 0 Å². The molecule has 0 fully saturated rings. The molecule has 1 heterocycles. The van der Waals surface area contributed by atoms with Crippen LogP contribution in [0.25, 0.3) is 6.08 Å². The van der Waals surface area contributed by atoms with Crippen molar-refractivity contribution in [1.82, 2.24) is 15.6 Å². The predicted molar refractivity (Wildman–Crippen MR) is 121 cm³/mol. The highest BCUT2D eigenvalue weighted by Crippen LogP contribution is 2.20. The molecule has 0 aliphatic heterocycles. The molecule has 3 aromatic rings. The Morgan fingerprint density at radius 2 is 1.75 bits per heavy atom. The van der Waals surface area contributed by atoms with Crippen LogP contribution < -0.4 is 10.6 Å². The number of aromatic nitrogens is 1. The van der Waals surface area contributed by atoms with Crippen molar-refractivity contribution in [3.05, 3.63) is 99.4 Å². The number of benzene rings is 2. The molecule has 32 heavy (non-hydrogen) atoms. The molecule has 9 heteroatoms. The predicted octanol–water partition coefficient (Wildman–Crippen LogP) is 3.34. The van der Waals surface area contributed by atoms with Crippen LogP contribution in [0.1, 0.15) is 31.8 Å². The highest BCUT2D eigenvalue weighted by atomic mass is 79.9. The molecule has 0 bridgehead atoms. The fraction of sp³-hybridized carbons (Fsp3) is 0.0435. The molecule has 0 spiro atoms. The van der Waals surface area contributed by atoms with Gasteiger partial charge in [0.05, 0.1) is 5.56 Å². The van der Waals surface area contributed by atoms with Crippen LogP contribution in [0.15, 0.2) is 77.2 Å². The Balaban J connectivity index is 1.70. The Labute approximate surface area is 191 Å². The van der Waals surface area contributed by atoms with Crippen molar-refractivity contribution in [2.24, 2.45) is 0 Å². The zero-order valence-corrected chi connectivity index (χ0v) is 18.2. The van der Waals surface area contributed by atoms with Crippen molar-refractivity contribution in [1.29, 1.82) is 0 Å². The quantitative estimate of drug-likeness (QED) is 0.372. The Morgan fingerprint density at radius 3 is 2.41 bits per heavy atom. The molecule has 8 nitrogen and oxygen atoms in total. The first-order valence-electron chi connectivity index (χ1n) is 9.35. The largest absolute Gasteiger partial charge is 0.508 e. The molecule has 1 aromatic heterocycles. The molecule has 4 N–H and O–H groups in total. The highest BCUT2D eigenvalue weighted by molar-refractivity contribution is 9.10. The van der Waals surface area contributed by atoms with Gasteiger partial charge in [0, 0.05) is 29.0 Å². The molecule has 0 aliphatic carbocycles. The number of nitrogens with one attached hydrogen (secondary N) is 2. The summed E-state index contributed by atoms with van der Waals surface area (Å²) in [5.74, 6) is -2.21. The standard InChI is InChI=1S/C23H18BrN3O5/c24-19-12-16(21(29)26-13-15-2-1-3-17(28)10-15)4-5-18(19)22(30)27-20(23(31)32)11-14-6-8-25-9-7-14/h1-12,28H,13H2,(H,26,29)(H,27,30)(H,31,32)/b20-11+. The van der Waals surface area contributed by atoms with E-state index < -0.39 is 11.9 Å². The number of hydrogen-bond donors (Lipinski definition) is 4. The van der Waals surface area contributed by atoms with Gasteiger partial charge in [-0.25, -0.2) is 4.79 Å². The maximum Gasteiger partial charge on any atom is 0.352 e. The van der Waals surface area contributed by atoms with E-state index in [0.29, 0.717) is 15.6 Å². The van der Waals surface area contributed by atoms with Crippen molar-refractivity contribution in [3.8, 4) is 5.75 Å². The summed E-state index contributed by atoms with van der Waals surface area (Å²) >= 11 is 3.27. The number of rotatable bonds is 7. The first-order valence-corrected chi connectivity index (χ1v) is 10.1. The lowest BCUT2D eigenvalue weighted by Crippen LogP contribution is -2.28. The summed E-state index contributed by atoms with van der Waals surface area (Å²) in [6, 6.07) is 14.1. The van der Waals surface area contributed by atoms with E-state index in [1.54, 1.807) is 30.3 Å². The van der Waals surface area contributed by atoms with E-state index in [9.17, 15) is 24.6 Å². The van der Waals surface area contributed by atoms with Crippen LogP contribution in [0.4, 0.5) is 0 Å². The minimum absolute atomic E-state index is 0.105. The van der Waals surface area contributed by atoms with Gasteiger partial charge in [0.1, 0.15) is 11.4 Å². The summed E-state index contributed by atoms with van der Waals surface area (Å²) in [6.07, 6.45) is 4.33. The number of amides is 2. The second-order valence-electron chi connectivity index (χ2n) is 6.65. The average Bonchev–Trinajstić information content (AvgIpc) is 2.77. The Kier molecular flexibility index (Phi) is 7.35. The monoisotopic (exact) mass is 495 g/mol. The zero-order valence-electron chi connectivity index (χ0n) is 16.6. The number of carboxylic acids is 1. The van der Waals surface area contributed by atoms with Crippen LogP contribution in [0, 0.1) is 0 Å². The molecule has 0 unspecified atom stereocenters. The van der Waals surface area contributed by atoms with Crippen LogP contribution in [-0.4, -0.2) is 33.0 Å². The Hall–Kier alpha value is -3.98. The van der Waals surface area contributed by atoms with Gasteiger partial charge in [-0.3, -0.25) is 14.6 Å². The minimum atomic E-state index is -1.30. The number of aromatic hydroxyl groups is 1. The summed E-state index contributed by atoms with van der Waals surface area (Å²) in [5.41, 5.74) is 1.46. The number of phenolic OH excluding ortho intramolecular Hbond substituents is 1. The number of hydrogen-bond acceptors (Lipinski definition) is 5. The third-order valence-electron chi connectivity index (χ3n) is 4.34. The van der Waals surface area contributed by atoms with Gasteiger partial charge in [0.25, 0.3) is 11.8 Å². The smallest absolute Gasteiger partial charge is 0.352 e. The maximum absolute atomic E-state index is 12.6. The van der Waals surface area contributed by atoms with Crippen molar-refractivity contribution in [2.75, 3.05) is 0 Å². The average molecular weight is 496 g/mol. The van der Waals surface area contributed by atoms with Gasteiger partial charge in [0.15, 0.2) is 0 Å². The lowest BCUT2D eigenvalue weighted by molar-refractivity contribution is -0.132. The molecule has 162 valence electrons. The Bertz CT molecular complexity index is 1200.